The van der Waals surface area contributed by atoms with E-state index in [4.69, 9.17) is 0 Å². The van der Waals surface area contributed by atoms with Crippen LogP contribution in [-0.4, -0.2) is 68.8 Å². The minimum atomic E-state index is -3.47. The third-order valence-corrected chi connectivity index (χ3v) is 8.37. The van der Waals surface area contributed by atoms with Crippen molar-refractivity contribution in [2.45, 2.75) is 44.7 Å². The second kappa shape index (κ2) is 11.1. The molecular weight excluding hydrogens is 436 g/mol. The van der Waals surface area contributed by atoms with E-state index >= 15 is 0 Å². The van der Waals surface area contributed by atoms with Crippen LogP contribution in [0.5, 0.6) is 0 Å². The van der Waals surface area contributed by atoms with Crippen LogP contribution >= 0.6 is 0 Å². The zero-order chi connectivity index (χ0) is 24.0. The van der Waals surface area contributed by atoms with Crippen LogP contribution in [0.25, 0.3) is 0 Å². The maximum Gasteiger partial charge on any atom is 0.243 e. The van der Waals surface area contributed by atoms with Crippen molar-refractivity contribution in [1.82, 2.24) is 14.5 Å². The topological polar surface area (TPSA) is 73.0 Å². The zero-order valence-electron chi connectivity index (χ0n) is 20.1. The molecule has 7 nitrogen and oxygen atoms in total. The van der Waals surface area contributed by atoms with Gasteiger partial charge in [0.15, 0.2) is 0 Å². The molecule has 1 aliphatic heterocycles. The SMILES string of the molecule is CCN(CC)S(=O)(=O)c1ccc(C(C)NC(C)C(=O)N2CCN(c3ccccc3)CC2)cc1. The van der Waals surface area contributed by atoms with Crippen LogP contribution in [0.15, 0.2) is 59.5 Å². The predicted molar refractivity (Wildman–Crippen MR) is 133 cm³/mol. The number of nitrogens with zero attached hydrogens (tertiary/aromatic N) is 3. The van der Waals surface area contributed by atoms with E-state index in [-0.39, 0.29) is 18.0 Å². The highest BCUT2D eigenvalue weighted by Crippen LogP contribution is 2.20. The quantitative estimate of drug-likeness (QED) is 0.607. The summed E-state index contributed by atoms with van der Waals surface area (Å²) in [6.07, 6.45) is 0. The average Bonchev–Trinajstić information content (AvgIpc) is 2.84. The lowest BCUT2D eigenvalue weighted by Gasteiger charge is -2.37. The first kappa shape index (κ1) is 25.2. The molecule has 0 saturated carbocycles. The molecule has 2 atom stereocenters. The lowest BCUT2D eigenvalue weighted by Crippen LogP contribution is -2.53. The van der Waals surface area contributed by atoms with Crippen molar-refractivity contribution in [2.75, 3.05) is 44.2 Å². The van der Waals surface area contributed by atoms with Crippen LogP contribution in [0.2, 0.25) is 0 Å². The number of carbonyl (C=O) groups excluding carboxylic acids is 1. The van der Waals surface area contributed by atoms with Crippen molar-refractivity contribution in [2.24, 2.45) is 0 Å². The van der Waals surface area contributed by atoms with Crippen molar-refractivity contribution in [3.63, 3.8) is 0 Å². The molecule has 1 heterocycles. The van der Waals surface area contributed by atoms with Crippen LogP contribution in [0, 0.1) is 0 Å². The third kappa shape index (κ3) is 5.93. The highest BCUT2D eigenvalue weighted by atomic mass is 32.2. The fraction of sp³-hybridized carbons (Fsp3) is 0.480. The maximum absolute atomic E-state index is 13.0. The molecule has 0 radical (unpaired) electrons. The Morgan fingerprint density at radius 3 is 2.06 bits per heavy atom. The van der Waals surface area contributed by atoms with E-state index in [2.05, 4.69) is 22.3 Å². The molecule has 0 bridgehead atoms. The second-order valence-corrected chi connectivity index (χ2v) is 10.4. The molecule has 2 aromatic carbocycles. The standard InChI is InChI=1S/C25H36N4O3S/c1-5-29(6-2)33(31,32)24-14-12-22(13-15-24)20(3)26-21(4)25(30)28-18-16-27(17-19-28)23-10-8-7-9-11-23/h7-15,20-21,26H,5-6,16-19H2,1-4H3. The van der Waals surface area contributed by atoms with Gasteiger partial charge in [-0.15, -0.1) is 0 Å². The van der Waals surface area contributed by atoms with Gasteiger partial charge in [0.2, 0.25) is 15.9 Å². The lowest BCUT2D eigenvalue weighted by molar-refractivity contribution is -0.133. The van der Waals surface area contributed by atoms with E-state index in [0.717, 1.165) is 18.7 Å². The largest absolute Gasteiger partial charge is 0.368 e. The number of hydrogen-bond acceptors (Lipinski definition) is 5. The Bertz CT molecular complexity index is 1000. The summed E-state index contributed by atoms with van der Waals surface area (Å²) in [5.74, 6) is 0.0929. The number of piperazine rings is 1. The van der Waals surface area contributed by atoms with Gasteiger partial charge in [-0.2, -0.15) is 4.31 Å². The van der Waals surface area contributed by atoms with Gasteiger partial charge in [-0.25, -0.2) is 8.42 Å². The van der Waals surface area contributed by atoms with Gasteiger partial charge < -0.3 is 9.80 Å². The van der Waals surface area contributed by atoms with Crippen LogP contribution in [0.3, 0.4) is 0 Å². The molecular formula is C25H36N4O3S. The van der Waals surface area contributed by atoms with Crippen LogP contribution in [0.4, 0.5) is 5.69 Å². The van der Waals surface area contributed by atoms with E-state index in [1.807, 2.05) is 62.9 Å². The van der Waals surface area contributed by atoms with Gasteiger partial charge in [0.1, 0.15) is 0 Å². The molecule has 1 amide bonds. The van der Waals surface area contributed by atoms with Crippen molar-refractivity contribution < 1.29 is 13.2 Å². The van der Waals surface area contributed by atoms with Gasteiger partial charge >= 0.3 is 0 Å². The van der Waals surface area contributed by atoms with E-state index in [1.165, 1.54) is 9.99 Å². The highest BCUT2D eigenvalue weighted by molar-refractivity contribution is 7.89. The van der Waals surface area contributed by atoms with E-state index in [1.54, 1.807) is 12.1 Å². The molecule has 1 saturated heterocycles. The van der Waals surface area contributed by atoms with Crippen molar-refractivity contribution in [1.29, 1.82) is 0 Å². The Morgan fingerprint density at radius 1 is 0.939 bits per heavy atom. The van der Waals surface area contributed by atoms with Crippen molar-refractivity contribution in [3.05, 3.63) is 60.2 Å². The number of hydrogen-bond donors (Lipinski definition) is 1. The van der Waals surface area contributed by atoms with Gasteiger partial charge in [-0.05, 0) is 43.7 Å². The Morgan fingerprint density at radius 2 is 1.52 bits per heavy atom. The Hall–Kier alpha value is -2.42. The van der Waals surface area contributed by atoms with Gasteiger partial charge in [0, 0.05) is 51.0 Å². The van der Waals surface area contributed by atoms with Crippen LogP contribution in [0.1, 0.15) is 39.3 Å². The van der Waals surface area contributed by atoms with Crippen LogP contribution in [-0.2, 0) is 14.8 Å². The van der Waals surface area contributed by atoms with E-state index < -0.39 is 10.0 Å². The van der Waals surface area contributed by atoms with Gasteiger partial charge in [-0.1, -0.05) is 44.2 Å². The first-order chi connectivity index (χ1) is 15.8. The summed E-state index contributed by atoms with van der Waals surface area (Å²) in [4.78, 5) is 17.5. The van der Waals surface area contributed by atoms with Gasteiger partial charge in [-0.3, -0.25) is 10.1 Å². The number of amides is 1. The highest BCUT2D eigenvalue weighted by Gasteiger charge is 2.26. The summed E-state index contributed by atoms with van der Waals surface area (Å²) in [6.45, 7) is 11.5. The first-order valence-corrected chi connectivity index (χ1v) is 13.2. The zero-order valence-corrected chi connectivity index (χ0v) is 20.9. The number of carbonyl (C=O) groups is 1. The molecule has 2 unspecified atom stereocenters. The summed E-state index contributed by atoms with van der Waals surface area (Å²) in [6, 6.07) is 16.8. The molecule has 0 aliphatic carbocycles. The van der Waals surface area contributed by atoms with E-state index in [0.29, 0.717) is 31.1 Å². The summed E-state index contributed by atoms with van der Waals surface area (Å²) < 4.78 is 26.8. The summed E-state index contributed by atoms with van der Waals surface area (Å²) in [7, 11) is -3.47. The summed E-state index contributed by atoms with van der Waals surface area (Å²) in [5.41, 5.74) is 2.14. The first-order valence-electron chi connectivity index (χ1n) is 11.7. The van der Waals surface area contributed by atoms with Crippen LogP contribution < -0.4 is 10.2 Å². The number of sulfonamides is 1. The van der Waals surface area contributed by atoms with Gasteiger partial charge in [0.05, 0.1) is 10.9 Å². The lowest BCUT2D eigenvalue weighted by atomic mass is 10.1. The van der Waals surface area contributed by atoms with E-state index in [9.17, 15) is 13.2 Å². The fourth-order valence-corrected chi connectivity index (χ4v) is 5.74. The molecule has 1 N–H and O–H groups in total. The third-order valence-electron chi connectivity index (χ3n) is 6.31. The van der Waals surface area contributed by atoms with Gasteiger partial charge in [0.25, 0.3) is 0 Å². The molecule has 1 aliphatic rings. The average molecular weight is 473 g/mol. The molecule has 2 aromatic rings. The number of anilines is 1. The maximum atomic E-state index is 13.0. The number of benzene rings is 2. The predicted octanol–water partition coefficient (Wildman–Crippen LogP) is 3.11. The molecule has 0 aromatic heterocycles. The summed E-state index contributed by atoms with van der Waals surface area (Å²) >= 11 is 0. The summed E-state index contributed by atoms with van der Waals surface area (Å²) in [5, 5.41) is 3.37. The molecule has 3 rings (SSSR count). The Kier molecular flexibility index (Phi) is 8.51. The molecule has 8 heteroatoms. The minimum absolute atomic E-state index is 0.0836. The number of rotatable bonds is 9. The minimum Gasteiger partial charge on any atom is -0.368 e. The molecule has 1 fully saturated rings. The smallest absolute Gasteiger partial charge is 0.243 e. The molecule has 0 spiro atoms. The Labute approximate surface area is 198 Å². The van der Waals surface area contributed by atoms with Crippen molar-refractivity contribution >= 4 is 21.6 Å². The number of nitrogens with one attached hydrogen (secondary N) is 1. The second-order valence-electron chi connectivity index (χ2n) is 8.42. The van der Waals surface area contributed by atoms with Crippen molar-refractivity contribution in [3.8, 4) is 0 Å². The molecule has 180 valence electrons. The number of para-hydroxylation sites is 1. The normalized spacial score (nSPS) is 16.6. The Balaban J connectivity index is 1.56. The molecule has 33 heavy (non-hydrogen) atoms. The fourth-order valence-electron chi connectivity index (χ4n) is 4.28. The monoisotopic (exact) mass is 472 g/mol.